The Morgan fingerprint density at radius 2 is 2.06 bits per heavy atom. The lowest BCUT2D eigenvalue weighted by atomic mass is 10.0. The molecule has 85 valence electrons. The van der Waals surface area contributed by atoms with Crippen LogP contribution in [-0.4, -0.2) is 24.7 Å². The number of aryl methyl sites for hydroxylation is 1. The quantitative estimate of drug-likeness (QED) is 0.780. The van der Waals surface area contributed by atoms with Gasteiger partial charge in [-0.3, -0.25) is 0 Å². The molecule has 0 amide bonds. The fourth-order valence-electron chi connectivity index (χ4n) is 1.38. The van der Waals surface area contributed by atoms with Crippen LogP contribution in [-0.2, 0) is 9.53 Å². The summed E-state index contributed by atoms with van der Waals surface area (Å²) in [6, 6.07) is 1.46. The number of phenolic OH excluding ortho intramolecular Hbond substituents is 1. The molecule has 0 bridgehead atoms. The third-order valence-corrected chi connectivity index (χ3v) is 2.24. The highest BCUT2D eigenvalue weighted by Crippen LogP contribution is 2.33. The van der Waals surface area contributed by atoms with Gasteiger partial charge in [0.05, 0.1) is 7.11 Å². The molecule has 0 aromatic heterocycles. The van der Waals surface area contributed by atoms with Crippen molar-refractivity contribution in [3.05, 3.63) is 22.8 Å². The topological polar surface area (TPSA) is 72.8 Å². The minimum absolute atomic E-state index is 0.0678. The first-order chi connectivity index (χ1) is 7.52. The van der Waals surface area contributed by atoms with Crippen LogP contribution in [0.4, 0.5) is 0 Å². The Morgan fingerprint density at radius 3 is 2.56 bits per heavy atom. The molecule has 1 aromatic rings. The molecule has 0 aliphatic heterocycles. The smallest absolute Gasteiger partial charge is 0.423 e. The number of esters is 1. The van der Waals surface area contributed by atoms with Crippen molar-refractivity contribution in [2.75, 3.05) is 7.11 Å². The van der Waals surface area contributed by atoms with E-state index >= 15 is 0 Å². The molecule has 0 saturated heterocycles. The van der Waals surface area contributed by atoms with Gasteiger partial charge in [0.2, 0.25) is 0 Å². The van der Waals surface area contributed by atoms with Gasteiger partial charge in [-0.05, 0) is 25.5 Å². The second kappa shape index (κ2) is 4.65. The summed E-state index contributed by atoms with van der Waals surface area (Å²) in [7, 11) is 1.22. The highest BCUT2D eigenvalue weighted by atomic mass is 16.5. The second-order valence-corrected chi connectivity index (χ2v) is 3.22. The Bertz CT molecular complexity index is 436. The summed E-state index contributed by atoms with van der Waals surface area (Å²) in [5, 5.41) is 9.78. The number of carbonyl (C=O) groups is 1. The van der Waals surface area contributed by atoms with E-state index in [2.05, 4.69) is 9.47 Å². The van der Waals surface area contributed by atoms with Crippen LogP contribution in [0.3, 0.4) is 0 Å². The molecule has 0 aliphatic rings. The van der Waals surface area contributed by atoms with Gasteiger partial charge in [-0.15, -0.1) is 0 Å². The zero-order chi connectivity index (χ0) is 12.3. The van der Waals surface area contributed by atoms with E-state index in [0.717, 1.165) is 0 Å². The number of methoxy groups -OCH3 is 1. The van der Waals surface area contributed by atoms with Gasteiger partial charge in [-0.1, -0.05) is 0 Å². The monoisotopic (exact) mass is 223 g/mol. The van der Waals surface area contributed by atoms with Crippen molar-refractivity contribution >= 4 is 12.4 Å². The Hall–Kier alpha value is -2.04. The van der Waals surface area contributed by atoms with E-state index in [1.807, 2.05) is 0 Å². The van der Waals surface area contributed by atoms with E-state index in [1.165, 1.54) is 26.6 Å². The first kappa shape index (κ1) is 12.0. The molecule has 0 heterocycles. The first-order valence-corrected chi connectivity index (χ1v) is 4.48. The standard InChI is InChI=1S/C11H11O5/c1-6-4-8(16-5-12)7(2)10(13)9(6)11(14)15-3/h4,13H,1-3H3. The Labute approximate surface area is 92.6 Å². The molecule has 0 saturated carbocycles. The van der Waals surface area contributed by atoms with E-state index < -0.39 is 5.97 Å². The van der Waals surface area contributed by atoms with E-state index in [0.29, 0.717) is 5.56 Å². The lowest BCUT2D eigenvalue weighted by molar-refractivity contribution is 0.0596. The number of hydrogen-bond acceptors (Lipinski definition) is 5. The van der Waals surface area contributed by atoms with Crippen LogP contribution in [0.2, 0.25) is 0 Å². The summed E-state index contributed by atoms with van der Waals surface area (Å²) in [4.78, 5) is 21.5. The SMILES string of the molecule is COC(=O)c1c(C)cc(O[C]=O)c(C)c1O. The van der Waals surface area contributed by atoms with Gasteiger partial charge in [0, 0.05) is 5.56 Å². The van der Waals surface area contributed by atoms with Crippen LogP contribution >= 0.6 is 0 Å². The van der Waals surface area contributed by atoms with E-state index in [-0.39, 0.29) is 22.6 Å². The van der Waals surface area contributed by atoms with Crippen molar-refractivity contribution in [2.24, 2.45) is 0 Å². The van der Waals surface area contributed by atoms with Crippen molar-refractivity contribution in [1.29, 1.82) is 0 Å². The van der Waals surface area contributed by atoms with Gasteiger partial charge < -0.3 is 14.6 Å². The number of hydrogen-bond donors (Lipinski definition) is 1. The number of aromatic hydroxyl groups is 1. The largest absolute Gasteiger partial charge is 0.507 e. The molecule has 1 rings (SSSR count). The predicted molar refractivity (Wildman–Crippen MR) is 55.2 cm³/mol. The second-order valence-electron chi connectivity index (χ2n) is 3.22. The van der Waals surface area contributed by atoms with Crippen molar-refractivity contribution in [3.8, 4) is 11.5 Å². The summed E-state index contributed by atoms with van der Waals surface area (Å²) in [5.74, 6) is -0.727. The van der Waals surface area contributed by atoms with Gasteiger partial charge in [-0.2, -0.15) is 0 Å². The minimum atomic E-state index is -0.639. The fourth-order valence-corrected chi connectivity index (χ4v) is 1.38. The van der Waals surface area contributed by atoms with Crippen LogP contribution in [0.15, 0.2) is 6.07 Å². The summed E-state index contributed by atoms with van der Waals surface area (Å²) in [5.41, 5.74) is 0.813. The van der Waals surface area contributed by atoms with Crippen molar-refractivity contribution in [1.82, 2.24) is 0 Å². The van der Waals surface area contributed by atoms with Crippen LogP contribution in [0.1, 0.15) is 21.5 Å². The summed E-state index contributed by atoms with van der Waals surface area (Å²) < 4.78 is 9.08. The first-order valence-electron chi connectivity index (χ1n) is 4.48. The average molecular weight is 223 g/mol. The Balaban J connectivity index is 3.39. The van der Waals surface area contributed by atoms with Crippen LogP contribution in [0, 0.1) is 13.8 Å². The van der Waals surface area contributed by atoms with Crippen molar-refractivity contribution < 1.29 is 24.2 Å². The van der Waals surface area contributed by atoms with E-state index in [1.54, 1.807) is 6.92 Å². The molecule has 0 atom stereocenters. The van der Waals surface area contributed by atoms with Gasteiger partial charge in [-0.25, -0.2) is 9.59 Å². The molecule has 1 N–H and O–H groups in total. The zero-order valence-electron chi connectivity index (χ0n) is 9.16. The number of rotatable bonds is 3. The minimum Gasteiger partial charge on any atom is -0.507 e. The highest BCUT2D eigenvalue weighted by Gasteiger charge is 2.20. The molecular formula is C11H11O5. The molecule has 5 heteroatoms. The van der Waals surface area contributed by atoms with Crippen molar-refractivity contribution in [2.45, 2.75) is 13.8 Å². The molecular weight excluding hydrogens is 212 g/mol. The number of phenols is 1. The summed E-state index contributed by atoms with van der Waals surface area (Å²) in [6.45, 7) is 4.39. The zero-order valence-corrected chi connectivity index (χ0v) is 9.16. The predicted octanol–water partition coefficient (Wildman–Crippen LogP) is 1.24. The van der Waals surface area contributed by atoms with Crippen molar-refractivity contribution in [3.63, 3.8) is 0 Å². The Morgan fingerprint density at radius 1 is 1.44 bits per heavy atom. The molecule has 5 nitrogen and oxygen atoms in total. The molecule has 0 fully saturated rings. The summed E-state index contributed by atoms with van der Waals surface area (Å²) >= 11 is 0. The van der Waals surface area contributed by atoms with E-state index in [4.69, 9.17) is 0 Å². The van der Waals surface area contributed by atoms with Crippen LogP contribution < -0.4 is 4.74 Å². The highest BCUT2D eigenvalue weighted by molar-refractivity contribution is 5.95. The third-order valence-electron chi connectivity index (χ3n) is 2.24. The molecule has 0 aliphatic carbocycles. The number of carbonyl (C=O) groups excluding carboxylic acids is 2. The van der Waals surface area contributed by atoms with Gasteiger partial charge in [0.15, 0.2) is 0 Å². The maximum atomic E-state index is 11.4. The van der Waals surface area contributed by atoms with Crippen LogP contribution in [0.5, 0.6) is 11.5 Å². The molecule has 1 radical (unpaired) electrons. The molecule has 1 aromatic carbocycles. The average Bonchev–Trinajstić information content (AvgIpc) is 2.25. The third kappa shape index (κ3) is 1.98. The Kier molecular flexibility index (Phi) is 3.50. The number of ether oxygens (including phenoxy) is 2. The lowest BCUT2D eigenvalue weighted by Gasteiger charge is -2.11. The maximum absolute atomic E-state index is 11.4. The molecule has 0 unspecified atom stereocenters. The molecule has 0 spiro atoms. The molecule has 16 heavy (non-hydrogen) atoms. The van der Waals surface area contributed by atoms with Gasteiger partial charge >= 0.3 is 12.4 Å². The van der Waals surface area contributed by atoms with Gasteiger partial charge in [0.25, 0.3) is 0 Å². The number of benzene rings is 1. The normalized spacial score (nSPS) is 9.69. The fraction of sp³-hybridized carbons (Fsp3) is 0.273. The lowest BCUT2D eigenvalue weighted by Crippen LogP contribution is -2.06. The van der Waals surface area contributed by atoms with Gasteiger partial charge in [0.1, 0.15) is 17.1 Å². The maximum Gasteiger partial charge on any atom is 0.423 e. The van der Waals surface area contributed by atoms with Crippen LogP contribution in [0.25, 0.3) is 0 Å². The summed E-state index contributed by atoms with van der Waals surface area (Å²) in [6.07, 6.45) is 0. The van der Waals surface area contributed by atoms with E-state index in [9.17, 15) is 14.7 Å².